The molecule has 126 valence electrons. The van der Waals surface area contributed by atoms with Crippen molar-refractivity contribution in [3.05, 3.63) is 29.7 Å². The molecule has 2 aromatic rings. The van der Waals surface area contributed by atoms with E-state index in [0.29, 0.717) is 23.5 Å². The molecule has 3 heterocycles. The van der Waals surface area contributed by atoms with Crippen LogP contribution in [0.2, 0.25) is 0 Å². The molecule has 0 aromatic carbocycles. The number of amides is 1. The van der Waals surface area contributed by atoms with Gasteiger partial charge in [-0.15, -0.1) is 0 Å². The normalized spacial score (nSPS) is 26.5. The first-order chi connectivity index (χ1) is 11.6. The van der Waals surface area contributed by atoms with E-state index in [0.717, 1.165) is 31.4 Å². The number of aryl methyl sites for hydroxylation is 1. The zero-order chi connectivity index (χ0) is 16.8. The second kappa shape index (κ2) is 5.58. The molecule has 1 saturated heterocycles. The quantitative estimate of drug-likeness (QED) is 0.909. The Kier molecular flexibility index (Phi) is 3.51. The number of carbonyl (C=O) groups excluding carboxylic acids is 1. The molecule has 0 spiro atoms. The van der Waals surface area contributed by atoms with E-state index in [2.05, 4.69) is 10.1 Å². The second-order valence-electron chi connectivity index (χ2n) is 6.81. The number of hydrogen-bond donors (Lipinski definition) is 1. The number of hydrogen-bond acceptors (Lipinski definition) is 4. The summed E-state index contributed by atoms with van der Waals surface area (Å²) >= 11 is 0. The summed E-state index contributed by atoms with van der Waals surface area (Å²) in [5.41, 5.74) is 1.67. The van der Waals surface area contributed by atoms with E-state index >= 15 is 0 Å². The zero-order valence-electron chi connectivity index (χ0n) is 13.6. The van der Waals surface area contributed by atoms with Crippen LogP contribution in [0.5, 0.6) is 0 Å². The lowest BCUT2D eigenvalue weighted by Crippen LogP contribution is -2.46. The highest BCUT2D eigenvalue weighted by Gasteiger charge is 2.48. The third-order valence-corrected chi connectivity index (χ3v) is 5.35. The fraction of sp³-hybridized carbons (Fsp3) is 0.529. The van der Waals surface area contributed by atoms with Crippen LogP contribution in [0.25, 0.3) is 5.65 Å². The fourth-order valence-corrected chi connectivity index (χ4v) is 4.22. The van der Waals surface area contributed by atoms with Gasteiger partial charge in [0, 0.05) is 17.9 Å². The second-order valence-corrected chi connectivity index (χ2v) is 6.81. The van der Waals surface area contributed by atoms with Crippen LogP contribution in [0, 0.1) is 12.8 Å². The van der Waals surface area contributed by atoms with Gasteiger partial charge in [0.15, 0.2) is 5.65 Å². The van der Waals surface area contributed by atoms with Crippen molar-refractivity contribution in [3.8, 4) is 0 Å². The summed E-state index contributed by atoms with van der Waals surface area (Å²) in [7, 11) is 0. The van der Waals surface area contributed by atoms with Gasteiger partial charge in [0.05, 0.1) is 6.20 Å². The summed E-state index contributed by atoms with van der Waals surface area (Å²) in [5.74, 6) is -0.886. The lowest BCUT2D eigenvalue weighted by molar-refractivity contribution is -0.141. The number of carboxylic acids is 1. The number of nitrogens with zero attached hydrogens (tertiary/aromatic N) is 4. The van der Waals surface area contributed by atoms with Crippen molar-refractivity contribution in [2.75, 3.05) is 0 Å². The maximum Gasteiger partial charge on any atom is 0.326 e. The van der Waals surface area contributed by atoms with Crippen LogP contribution >= 0.6 is 0 Å². The van der Waals surface area contributed by atoms with E-state index in [1.807, 2.05) is 13.0 Å². The fourth-order valence-electron chi connectivity index (χ4n) is 4.22. The van der Waals surface area contributed by atoms with E-state index in [9.17, 15) is 14.7 Å². The Morgan fingerprint density at radius 3 is 2.88 bits per heavy atom. The molecule has 24 heavy (non-hydrogen) atoms. The van der Waals surface area contributed by atoms with Crippen molar-refractivity contribution in [1.29, 1.82) is 0 Å². The molecule has 3 unspecified atom stereocenters. The van der Waals surface area contributed by atoms with Crippen molar-refractivity contribution in [3.63, 3.8) is 0 Å². The summed E-state index contributed by atoms with van der Waals surface area (Å²) in [6, 6.07) is 1.10. The number of fused-ring (bicyclic) bond motifs is 2. The van der Waals surface area contributed by atoms with Gasteiger partial charge in [0.25, 0.3) is 5.91 Å². The van der Waals surface area contributed by atoms with Gasteiger partial charge >= 0.3 is 5.97 Å². The molecule has 7 heteroatoms. The first-order valence-electron chi connectivity index (χ1n) is 8.42. The molecule has 2 fully saturated rings. The minimum absolute atomic E-state index is 0.0205. The van der Waals surface area contributed by atoms with Crippen LogP contribution in [0.4, 0.5) is 0 Å². The maximum atomic E-state index is 13.2. The Morgan fingerprint density at radius 2 is 2.08 bits per heavy atom. The van der Waals surface area contributed by atoms with E-state index in [-0.39, 0.29) is 11.9 Å². The first kappa shape index (κ1) is 15.1. The largest absolute Gasteiger partial charge is 0.480 e. The predicted molar refractivity (Wildman–Crippen MR) is 85.7 cm³/mol. The minimum Gasteiger partial charge on any atom is -0.480 e. The molecule has 1 saturated carbocycles. The topological polar surface area (TPSA) is 87.8 Å². The Morgan fingerprint density at radius 1 is 1.29 bits per heavy atom. The molecule has 2 aliphatic rings. The van der Waals surface area contributed by atoms with Gasteiger partial charge in [-0.3, -0.25) is 4.79 Å². The van der Waals surface area contributed by atoms with Gasteiger partial charge in [0.1, 0.15) is 11.6 Å². The van der Waals surface area contributed by atoms with Crippen LogP contribution in [0.15, 0.2) is 18.5 Å². The van der Waals surface area contributed by atoms with Crippen LogP contribution < -0.4 is 0 Å². The SMILES string of the molecule is Cc1ccn2ncc(C(=O)N3C(C(=O)O)CC4CCCCC43)c2n1. The van der Waals surface area contributed by atoms with Crippen molar-refractivity contribution in [2.45, 2.75) is 51.1 Å². The highest BCUT2D eigenvalue weighted by molar-refractivity contribution is 6.01. The van der Waals surface area contributed by atoms with E-state index in [1.165, 1.54) is 6.20 Å². The molecule has 7 nitrogen and oxygen atoms in total. The number of rotatable bonds is 2. The lowest BCUT2D eigenvalue weighted by atomic mass is 9.84. The number of aromatic nitrogens is 3. The van der Waals surface area contributed by atoms with E-state index in [4.69, 9.17) is 0 Å². The summed E-state index contributed by atoms with van der Waals surface area (Å²) in [6.45, 7) is 1.86. The van der Waals surface area contributed by atoms with E-state index in [1.54, 1.807) is 15.6 Å². The summed E-state index contributed by atoms with van der Waals surface area (Å²) < 4.78 is 1.56. The first-order valence-corrected chi connectivity index (χ1v) is 8.42. The van der Waals surface area contributed by atoms with E-state index < -0.39 is 12.0 Å². The van der Waals surface area contributed by atoms with Gasteiger partial charge in [-0.25, -0.2) is 14.3 Å². The van der Waals surface area contributed by atoms with Crippen LogP contribution in [-0.2, 0) is 4.79 Å². The van der Waals surface area contributed by atoms with Crippen molar-refractivity contribution >= 4 is 17.5 Å². The molecule has 0 bridgehead atoms. The van der Waals surface area contributed by atoms with Crippen molar-refractivity contribution < 1.29 is 14.7 Å². The van der Waals surface area contributed by atoms with Gasteiger partial charge < -0.3 is 10.0 Å². The number of carboxylic acid groups (broad SMARTS) is 1. The Bertz CT molecular complexity index is 815. The third-order valence-electron chi connectivity index (χ3n) is 5.35. The molecular formula is C17H20N4O3. The molecule has 3 atom stereocenters. The molecule has 1 N–H and O–H groups in total. The highest BCUT2D eigenvalue weighted by Crippen LogP contribution is 2.40. The van der Waals surface area contributed by atoms with Gasteiger partial charge in [-0.1, -0.05) is 12.8 Å². The molecule has 1 aliphatic carbocycles. The summed E-state index contributed by atoms with van der Waals surface area (Å²) in [6.07, 6.45) is 7.86. The monoisotopic (exact) mass is 328 g/mol. The predicted octanol–water partition coefficient (Wildman–Crippen LogP) is 1.90. The van der Waals surface area contributed by atoms with Crippen molar-refractivity contribution in [1.82, 2.24) is 19.5 Å². The zero-order valence-corrected chi connectivity index (χ0v) is 13.6. The smallest absolute Gasteiger partial charge is 0.326 e. The summed E-state index contributed by atoms with van der Waals surface area (Å²) in [4.78, 5) is 30.9. The molecular weight excluding hydrogens is 308 g/mol. The number of carbonyl (C=O) groups is 2. The third kappa shape index (κ3) is 2.26. The van der Waals surface area contributed by atoms with Crippen LogP contribution in [-0.4, -0.2) is 48.6 Å². The molecule has 2 aromatic heterocycles. The Labute approximate surface area is 139 Å². The molecule has 1 amide bonds. The molecule has 4 rings (SSSR count). The number of aliphatic carboxylic acids is 1. The minimum atomic E-state index is -0.918. The highest BCUT2D eigenvalue weighted by atomic mass is 16.4. The van der Waals surface area contributed by atoms with Gasteiger partial charge in [0.2, 0.25) is 0 Å². The van der Waals surface area contributed by atoms with Crippen LogP contribution in [0.3, 0.4) is 0 Å². The van der Waals surface area contributed by atoms with Gasteiger partial charge in [-0.2, -0.15) is 5.10 Å². The molecule has 1 aliphatic heterocycles. The Hall–Kier alpha value is -2.44. The summed E-state index contributed by atoms with van der Waals surface area (Å²) in [5, 5.41) is 13.8. The average Bonchev–Trinajstić information content (AvgIpc) is 3.15. The van der Waals surface area contributed by atoms with Crippen LogP contribution in [0.1, 0.15) is 48.2 Å². The van der Waals surface area contributed by atoms with Gasteiger partial charge in [-0.05, 0) is 38.2 Å². The maximum absolute atomic E-state index is 13.2. The Balaban J connectivity index is 1.75. The van der Waals surface area contributed by atoms with Crippen molar-refractivity contribution in [2.24, 2.45) is 5.92 Å². The standard InChI is InChI=1S/C17H20N4O3/c1-10-6-7-20-15(19-10)12(9-18-20)16(22)21-13-5-3-2-4-11(13)8-14(21)17(23)24/h6-7,9,11,13-14H,2-5,8H2,1H3,(H,23,24). The average molecular weight is 328 g/mol. The molecule has 0 radical (unpaired) electrons. The lowest BCUT2D eigenvalue weighted by Gasteiger charge is -2.32. The number of likely N-dealkylation sites (tertiary alicyclic amines) is 1.